The molecule has 0 fully saturated rings. The Morgan fingerprint density at radius 3 is 2.32 bits per heavy atom. The van der Waals surface area contributed by atoms with Crippen LogP contribution >= 0.6 is 11.6 Å². The van der Waals surface area contributed by atoms with Crippen LogP contribution in [0.1, 0.15) is 32.9 Å². The molecule has 1 aromatic heterocycles. The van der Waals surface area contributed by atoms with Crippen LogP contribution in [0.4, 0.5) is 5.69 Å². The Hall–Kier alpha value is -3.44. The molecule has 6 heteroatoms. The molecule has 0 bridgehead atoms. The predicted molar refractivity (Wildman–Crippen MR) is 125 cm³/mol. The van der Waals surface area contributed by atoms with Gasteiger partial charge in [0.15, 0.2) is 5.82 Å². The summed E-state index contributed by atoms with van der Waals surface area (Å²) in [5.74, 6) is 0.323. The first kappa shape index (κ1) is 20.8. The average Bonchev–Trinajstić information content (AvgIpc) is 3.18. The second-order valence-corrected chi connectivity index (χ2v) is 8.05. The number of aryl methyl sites for hydroxylation is 3. The van der Waals surface area contributed by atoms with Gasteiger partial charge in [0.05, 0.1) is 5.69 Å². The maximum absolute atomic E-state index is 13.1. The number of anilines is 1. The van der Waals surface area contributed by atoms with E-state index >= 15 is 0 Å². The molecule has 156 valence electrons. The first-order valence-corrected chi connectivity index (χ1v) is 10.4. The molecule has 4 rings (SSSR count). The molecule has 0 radical (unpaired) electrons. The third-order valence-corrected chi connectivity index (χ3v) is 5.68. The quantitative estimate of drug-likeness (QED) is 0.427. The molecule has 0 saturated carbocycles. The van der Waals surface area contributed by atoms with Crippen LogP contribution in [-0.4, -0.2) is 20.7 Å². The van der Waals surface area contributed by atoms with Crippen molar-refractivity contribution in [1.82, 2.24) is 14.8 Å². The van der Waals surface area contributed by atoms with E-state index in [1.807, 2.05) is 88.4 Å². The van der Waals surface area contributed by atoms with Crippen molar-refractivity contribution in [3.63, 3.8) is 0 Å². The molecule has 0 aliphatic carbocycles. The van der Waals surface area contributed by atoms with Crippen LogP contribution in [0.25, 0.3) is 17.1 Å². The number of benzene rings is 3. The molecule has 0 atom stereocenters. The van der Waals surface area contributed by atoms with Gasteiger partial charge in [-0.15, -0.1) is 5.10 Å². The van der Waals surface area contributed by atoms with Crippen LogP contribution < -0.4 is 5.32 Å². The Morgan fingerprint density at radius 1 is 0.935 bits per heavy atom. The molecular formula is C25H23ClN4O. The Labute approximate surface area is 186 Å². The lowest BCUT2D eigenvalue weighted by Gasteiger charge is -2.10. The van der Waals surface area contributed by atoms with Crippen molar-refractivity contribution in [3.8, 4) is 17.1 Å². The highest BCUT2D eigenvalue weighted by atomic mass is 35.5. The van der Waals surface area contributed by atoms with Gasteiger partial charge < -0.3 is 5.32 Å². The van der Waals surface area contributed by atoms with Gasteiger partial charge in [0, 0.05) is 16.3 Å². The first-order valence-electron chi connectivity index (χ1n) is 10.0. The van der Waals surface area contributed by atoms with Gasteiger partial charge in [-0.05, 0) is 62.6 Å². The van der Waals surface area contributed by atoms with E-state index in [2.05, 4.69) is 15.4 Å². The number of rotatable bonds is 4. The monoisotopic (exact) mass is 430 g/mol. The number of halogens is 1. The third kappa shape index (κ3) is 4.09. The van der Waals surface area contributed by atoms with Crippen LogP contribution in [0.2, 0.25) is 5.02 Å². The summed E-state index contributed by atoms with van der Waals surface area (Å²) in [5, 5.41) is 8.18. The summed E-state index contributed by atoms with van der Waals surface area (Å²) in [4.78, 5) is 17.7. The van der Waals surface area contributed by atoms with Gasteiger partial charge in [-0.1, -0.05) is 59.6 Å². The largest absolute Gasteiger partial charge is 0.319 e. The highest BCUT2D eigenvalue weighted by Crippen LogP contribution is 2.28. The summed E-state index contributed by atoms with van der Waals surface area (Å²) in [7, 11) is 0. The van der Waals surface area contributed by atoms with Crippen LogP contribution in [-0.2, 0) is 0 Å². The molecule has 4 aromatic rings. The summed E-state index contributed by atoms with van der Waals surface area (Å²) in [6, 6.07) is 19.5. The Balaban J connectivity index is 1.83. The molecule has 0 unspecified atom stereocenters. The second kappa shape index (κ2) is 8.36. The van der Waals surface area contributed by atoms with Crippen molar-refractivity contribution in [2.24, 2.45) is 0 Å². The number of carbonyl (C=O) groups excluding carboxylic acids is 1. The van der Waals surface area contributed by atoms with Crippen LogP contribution in [0.5, 0.6) is 0 Å². The molecule has 1 N–H and O–H groups in total. The summed E-state index contributed by atoms with van der Waals surface area (Å²) < 4.78 is 1.69. The van der Waals surface area contributed by atoms with E-state index in [0.29, 0.717) is 10.8 Å². The van der Waals surface area contributed by atoms with Gasteiger partial charge in [0.2, 0.25) is 5.82 Å². The van der Waals surface area contributed by atoms with Crippen molar-refractivity contribution in [2.75, 3.05) is 5.32 Å². The summed E-state index contributed by atoms with van der Waals surface area (Å²) >= 11 is 6.36. The lowest BCUT2D eigenvalue weighted by Crippen LogP contribution is -2.16. The van der Waals surface area contributed by atoms with E-state index in [0.717, 1.165) is 39.2 Å². The van der Waals surface area contributed by atoms with E-state index in [1.54, 1.807) is 4.68 Å². The lowest BCUT2D eigenvalue weighted by atomic mass is 10.1. The minimum absolute atomic E-state index is 0.0959. The SMILES string of the molecule is Cc1cccc(-c2nc(C(=O)Nc3c(C)cccc3C)nn2-c2cccc(Cl)c2C)c1. The van der Waals surface area contributed by atoms with Crippen LogP contribution in [0.3, 0.4) is 0 Å². The highest BCUT2D eigenvalue weighted by Gasteiger charge is 2.21. The molecule has 0 aliphatic rings. The summed E-state index contributed by atoms with van der Waals surface area (Å²) in [5.41, 5.74) is 6.36. The third-order valence-electron chi connectivity index (χ3n) is 5.27. The van der Waals surface area contributed by atoms with Gasteiger partial charge in [-0.3, -0.25) is 4.79 Å². The molecule has 0 aliphatic heterocycles. The number of para-hydroxylation sites is 1. The fraction of sp³-hybridized carbons (Fsp3) is 0.160. The van der Waals surface area contributed by atoms with E-state index < -0.39 is 0 Å². The topological polar surface area (TPSA) is 59.8 Å². The number of hydrogen-bond donors (Lipinski definition) is 1. The molecule has 0 spiro atoms. The molecule has 3 aromatic carbocycles. The predicted octanol–water partition coefficient (Wildman–Crippen LogP) is 6.07. The summed E-state index contributed by atoms with van der Waals surface area (Å²) in [6.07, 6.45) is 0. The minimum atomic E-state index is -0.357. The fourth-order valence-corrected chi connectivity index (χ4v) is 3.72. The van der Waals surface area contributed by atoms with Gasteiger partial charge in [-0.25, -0.2) is 9.67 Å². The smallest absolute Gasteiger partial charge is 0.295 e. The van der Waals surface area contributed by atoms with Crippen molar-refractivity contribution in [2.45, 2.75) is 27.7 Å². The normalized spacial score (nSPS) is 10.9. The number of nitrogens with one attached hydrogen (secondary N) is 1. The molecule has 1 heterocycles. The second-order valence-electron chi connectivity index (χ2n) is 7.65. The molecular weight excluding hydrogens is 408 g/mol. The standard InChI is InChI=1S/C25H23ClN4O/c1-15-8-5-11-19(14-15)24-28-23(25(31)27-22-16(2)9-6-10-17(22)3)29-30(24)21-13-7-12-20(26)18(21)4/h5-14H,1-4H3,(H,27,31). The minimum Gasteiger partial charge on any atom is -0.319 e. The van der Waals surface area contributed by atoms with Gasteiger partial charge in [0.1, 0.15) is 0 Å². The Bertz CT molecular complexity index is 1270. The fourth-order valence-electron chi connectivity index (χ4n) is 3.55. The lowest BCUT2D eigenvalue weighted by molar-refractivity contribution is 0.101. The number of nitrogens with zero attached hydrogens (tertiary/aromatic N) is 3. The van der Waals surface area contributed by atoms with Gasteiger partial charge in [-0.2, -0.15) is 0 Å². The van der Waals surface area contributed by atoms with Gasteiger partial charge in [0.25, 0.3) is 5.91 Å². The van der Waals surface area contributed by atoms with Crippen molar-refractivity contribution in [3.05, 3.63) is 93.8 Å². The van der Waals surface area contributed by atoms with E-state index in [-0.39, 0.29) is 11.7 Å². The molecule has 0 saturated heterocycles. The number of amides is 1. The number of carbonyl (C=O) groups is 1. The maximum atomic E-state index is 13.1. The maximum Gasteiger partial charge on any atom is 0.295 e. The van der Waals surface area contributed by atoms with Crippen molar-refractivity contribution >= 4 is 23.2 Å². The first-order chi connectivity index (χ1) is 14.8. The number of hydrogen-bond acceptors (Lipinski definition) is 3. The molecule has 1 amide bonds. The average molecular weight is 431 g/mol. The zero-order chi connectivity index (χ0) is 22.1. The number of aromatic nitrogens is 3. The van der Waals surface area contributed by atoms with E-state index in [9.17, 15) is 4.79 Å². The van der Waals surface area contributed by atoms with Gasteiger partial charge >= 0.3 is 0 Å². The van der Waals surface area contributed by atoms with E-state index in [4.69, 9.17) is 11.6 Å². The van der Waals surface area contributed by atoms with E-state index in [1.165, 1.54) is 0 Å². The van der Waals surface area contributed by atoms with Crippen molar-refractivity contribution in [1.29, 1.82) is 0 Å². The zero-order valence-electron chi connectivity index (χ0n) is 17.9. The highest BCUT2D eigenvalue weighted by molar-refractivity contribution is 6.31. The molecule has 5 nitrogen and oxygen atoms in total. The summed E-state index contributed by atoms with van der Waals surface area (Å²) in [6.45, 7) is 7.86. The van der Waals surface area contributed by atoms with Crippen LogP contribution in [0.15, 0.2) is 60.7 Å². The Kier molecular flexibility index (Phi) is 5.61. The molecule has 31 heavy (non-hydrogen) atoms. The van der Waals surface area contributed by atoms with Crippen LogP contribution in [0, 0.1) is 27.7 Å². The Morgan fingerprint density at radius 2 is 1.61 bits per heavy atom. The zero-order valence-corrected chi connectivity index (χ0v) is 18.7. The van der Waals surface area contributed by atoms with Crippen molar-refractivity contribution < 1.29 is 4.79 Å².